The number of aromatic nitrogens is 2. The summed E-state index contributed by atoms with van der Waals surface area (Å²) in [5.41, 5.74) is 4.66. The molecule has 0 spiro atoms. The number of amides is 1. The third kappa shape index (κ3) is 3.21. The molecule has 0 unspecified atom stereocenters. The molecule has 6 rings (SSSR count). The van der Waals surface area contributed by atoms with E-state index < -0.39 is 0 Å². The second kappa shape index (κ2) is 7.75. The molecule has 0 aliphatic carbocycles. The minimum Gasteiger partial charge on any atom is -0.350 e. The van der Waals surface area contributed by atoms with Gasteiger partial charge in [-0.25, -0.2) is 4.98 Å². The summed E-state index contributed by atoms with van der Waals surface area (Å²) in [7, 11) is 0. The molecule has 2 aliphatic heterocycles. The lowest BCUT2D eigenvalue weighted by atomic mass is 9.82. The zero-order chi connectivity index (χ0) is 21.5. The molecule has 1 amide bonds. The van der Waals surface area contributed by atoms with Crippen molar-refractivity contribution in [3.8, 4) is 11.1 Å². The predicted octanol–water partition coefficient (Wildman–Crippen LogP) is 4.65. The van der Waals surface area contributed by atoms with Crippen molar-refractivity contribution in [3.63, 3.8) is 0 Å². The van der Waals surface area contributed by atoms with Crippen molar-refractivity contribution >= 4 is 22.8 Å². The Hall–Kier alpha value is -3.73. The van der Waals surface area contributed by atoms with Crippen molar-refractivity contribution in [1.29, 1.82) is 0 Å². The van der Waals surface area contributed by atoms with E-state index in [9.17, 15) is 4.79 Å². The van der Waals surface area contributed by atoms with E-state index in [4.69, 9.17) is 4.98 Å². The molecule has 3 aromatic carbocycles. The maximum Gasteiger partial charge on any atom is 0.254 e. The Kier molecular flexibility index (Phi) is 4.60. The lowest BCUT2D eigenvalue weighted by Crippen LogP contribution is -2.65. The molecule has 5 nitrogen and oxygen atoms in total. The number of carbonyl (C=O) groups is 1. The van der Waals surface area contributed by atoms with Gasteiger partial charge in [0.15, 0.2) is 0 Å². The maximum atomic E-state index is 13.6. The molecule has 0 bridgehead atoms. The summed E-state index contributed by atoms with van der Waals surface area (Å²) in [5, 5.41) is 0. The Morgan fingerprint density at radius 1 is 0.844 bits per heavy atom. The summed E-state index contributed by atoms with van der Waals surface area (Å²) >= 11 is 0. The molecule has 0 radical (unpaired) electrons. The number of anilines is 1. The number of hydrogen-bond acceptors (Lipinski definition) is 4. The van der Waals surface area contributed by atoms with E-state index in [1.54, 1.807) is 0 Å². The highest BCUT2D eigenvalue weighted by molar-refractivity contribution is 6.01. The van der Waals surface area contributed by atoms with Gasteiger partial charge in [0.1, 0.15) is 5.82 Å². The fraction of sp³-hybridized carbons (Fsp3) is 0.222. The van der Waals surface area contributed by atoms with Gasteiger partial charge in [-0.3, -0.25) is 9.78 Å². The average molecular weight is 421 g/mol. The standard InChI is InChI=1S/C27H24N4O/c32-27(22-11-5-4-10-21(22)19-8-2-1-3-9-19)30-15-14-20-17-31(25(20)18-30)26-16-28-23-12-6-7-13-24(23)29-26/h1-13,16,20,25H,14-15,17-18H2/t20-,25-/m0/s1. The number of para-hydroxylation sites is 2. The van der Waals surface area contributed by atoms with Crippen LogP contribution in [0.2, 0.25) is 0 Å². The molecule has 4 aromatic rings. The summed E-state index contributed by atoms with van der Waals surface area (Å²) in [6.07, 6.45) is 2.89. The number of fused-ring (bicyclic) bond motifs is 2. The number of hydrogen-bond donors (Lipinski definition) is 0. The monoisotopic (exact) mass is 420 g/mol. The largest absolute Gasteiger partial charge is 0.350 e. The molecule has 1 aromatic heterocycles. The fourth-order valence-electron chi connectivity index (χ4n) is 5.04. The molecule has 158 valence electrons. The molecule has 2 fully saturated rings. The number of carbonyl (C=O) groups excluding carboxylic acids is 1. The van der Waals surface area contributed by atoms with E-state index >= 15 is 0 Å². The van der Waals surface area contributed by atoms with Crippen molar-refractivity contribution in [2.75, 3.05) is 24.5 Å². The van der Waals surface area contributed by atoms with Crippen LogP contribution in [0.3, 0.4) is 0 Å². The Morgan fingerprint density at radius 3 is 2.47 bits per heavy atom. The highest BCUT2D eigenvalue weighted by atomic mass is 16.2. The second-order valence-corrected chi connectivity index (χ2v) is 8.65. The molecular weight excluding hydrogens is 396 g/mol. The number of nitrogens with zero attached hydrogens (tertiary/aromatic N) is 4. The molecule has 2 aliphatic rings. The fourth-order valence-corrected chi connectivity index (χ4v) is 5.04. The van der Waals surface area contributed by atoms with Gasteiger partial charge in [-0.1, -0.05) is 60.7 Å². The van der Waals surface area contributed by atoms with Gasteiger partial charge in [-0.05, 0) is 35.7 Å². The van der Waals surface area contributed by atoms with E-state index in [2.05, 4.69) is 22.0 Å². The van der Waals surface area contributed by atoms with Crippen molar-refractivity contribution in [3.05, 3.63) is 90.6 Å². The van der Waals surface area contributed by atoms with Crippen LogP contribution in [0.1, 0.15) is 16.8 Å². The summed E-state index contributed by atoms with van der Waals surface area (Å²) < 4.78 is 0. The van der Waals surface area contributed by atoms with Crippen molar-refractivity contribution in [1.82, 2.24) is 14.9 Å². The van der Waals surface area contributed by atoms with Crippen molar-refractivity contribution < 1.29 is 4.79 Å². The normalized spacial score (nSPS) is 20.0. The van der Waals surface area contributed by atoms with E-state index in [0.717, 1.165) is 59.6 Å². The van der Waals surface area contributed by atoms with Crippen LogP contribution in [0.4, 0.5) is 5.82 Å². The van der Waals surface area contributed by atoms with E-state index in [1.165, 1.54) is 0 Å². The number of rotatable bonds is 3. The van der Waals surface area contributed by atoms with Crippen LogP contribution in [0.15, 0.2) is 85.1 Å². The second-order valence-electron chi connectivity index (χ2n) is 8.65. The van der Waals surface area contributed by atoms with Gasteiger partial charge in [0, 0.05) is 31.1 Å². The van der Waals surface area contributed by atoms with Gasteiger partial charge in [0.25, 0.3) is 5.91 Å². The molecular formula is C27H24N4O. The molecule has 2 atom stereocenters. The van der Waals surface area contributed by atoms with E-state index in [-0.39, 0.29) is 5.91 Å². The minimum atomic E-state index is 0.111. The van der Waals surface area contributed by atoms with Gasteiger partial charge < -0.3 is 9.80 Å². The van der Waals surface area contributed by atoms with Crippen LogP contribution >= 0.6 is 0 Å². The van der Waals surface area contributed by atoms with Crippen LogP contribution < -0.4 is 4.90 Å². The van der Waals surface area contributed by atoms with Gasteiger partial charge in [-0.2, -0.15) is 0 Å². The maximum absolute atomic E-state index is 13.6. The van der Waals surface area contributed by atoms with Crippen LogP contribution in [-0.2, 0) is 0 Å². The predicted molar refractivity (Wildman–Crippen MR) is 127 cm³/mol. The van der Waals surface area contributed by atoms with Gasteiger partial charge in [0.2, 0.25) is 0 Å². The highest BCUT2D eigenvalue weighted by Gasteiger charge is 2.44. The van der Waals surface area contributed by atoms with Gasteiger partial charge in [0.05, 0.1) is 23.3 Å². The van der Waals surface area contributed by atoms with Gasteiger partial charge in [-0.15, -0.1) is 0 Å². The first-order chi connectivity index (χ1) is 15.8. The molecule has 32 heavy (non-hydrogen) atoms. The molecule has 5 heteroatoms. The third-order valence-electron chi connectivity index (χ3n) is 6.81. The van der Waals surface area contributed by atoms with E-state index in [0.29, 0.717) is 12.0 Å². The summed E-state index contributed by atoms with van der Waals surface area (Å²) in [5.74, 6) is 1.62. The summed E-state index contributed by atoms with van der Waals surface area (Å²) in [4.78, 5) is 27.3. The smallest absolute Gasteiger partial charge is 0.254 e. The highest BCUT2D eigenvalue weighted by Crippen LogP contribution is 2.36. The average Bonchev–Trinajstić information content (AvgIpc) is 2.85. The molecule has 0 saturated carbocycles. The van der Waals surface area contributed by atoms with E-state index in [1.807, 2.05) is 77.8 Å². The lowest BCUT2D eigenvalue weighted by molar-refractivity contribution is 0.0592. The molecule has 2 saturated heterocycles. The van der Waals surface area contributed by atoms with Gasteiger partial charge >= 0.3 is 0 Å². The van der Waals surface area contributed by atoms with Crippen LogP contribution in [-0.4, -0.2) is 46.5 Å². The summed E-state index contributed by atoms with van der Waals surface area (Å²) in [6.45, 7) is 2.52. The van der Waals surface area contributed by atoms with Crippen LogP contribution in [0.5, 0.6) is 0 Å². The zero-order valence-corrected chi connectivity index (χ0v) is 17.8. The Balaban J connectivity index is 1.25. The number of benzene rings is 3. The SMILES string of the molecule is O=C(c1ccccc1-c1ccccc1)N1CC[C@H]2CN(c3cnc4ccccc4n3)[C@H]2C1. The first kappa shape index (κ1) is 19.0. The molecule has 0 N–H and O–H groups in total. The first-order valence-corrected chi connectivity index (χ1v) is 11.2. The Bertz CT molecular complexity index is 1290. The lowest BCUT2D eigenvalue weighted by Gasteiger charge is -2.54. The number of piperidine rings is 1. The Morgan fingerprint density at radius 2 is 1.59 bits per heavy atom. The quantitative estimate of drug-likeness (QED) is 0.484. The minimum absolute atomic E-state index is 0.111. The zero-order valence-electron chi connectivity index (χ0n) is 17.8. The van der Waals surface area contributed by atoms with Crippen LogP contribution in [0.25, 0.3) is 22.2 Å². The third-order valence-corrected chi connectivity index (χ3v) is 6.81. The van der Waals surface area contributed by atoms with Crippen molar-refractivity contribution in [2.24, 2.45) is 5.92 Å². The first-order valence-electron chi connectivity index (χ1n) is 11.2. The number of likely N-dealkylation sites (tertiary alicyclic amines) is 1. The van der Waals surface area contributed by atoms with Crippen LogP contribution in [0, 0.1) is 5.92 Å². The molecule has 3 heterocycles. The summed E-state index contributed by atoms with van der Waals surface area (Å²) in [6, 6.07) is 26.3. The van der Waals surface area contributed by atoms with Crippen molar-refractivity contribution in [2.45, 2.75) is 12.5 Å². The topological polar surface area (TPSA) is 49.3 Å². The Labute approximate surface area is 187 Å².